The van der Waals surface area contributed by atoms with Gasteiger partial charge in [-0.3, -0.25) is 4.79 Å². The van der Waals surface area contributed by atoms with Gasteiger partial charge in [-0.05, 0) is 6.42 Å². The van der Waals surface area contributed by atoms with Gasteiger partial charge in [-0.15, -0.1) is 0 Å². The van der Waals surface area contributed by atoms with Gasteiger partial charge in [0.15, 0.2) is 9.84 Å². The summed E-state index contributed by atoms with van der Waals surface area (Å²) < 4.78 is 47.5. The second-order valence-corrected chi connectivity index (χ2v) is 5.61. The molecule has 0 bridgehead atoms. The third kappa shape index (κ3) is 6.67. The van der Waals surface area contributed by atoms with E-state index in [1.807, 2.05) is 5.32 Å². The molecule has 0 saturated heterocycles. The summed E-state index contributed by atoms with van der Waals surface area (Å²) in [5.41, 5.74) is 4.75. The standard InChI is InChI=1S/C8H16F2N2O3S/c1-2-3-16(14,15)4-7(13)12-6-8(9,10)5-11/h2-6,11H2,1H3,(H,12,13). The Balaban J connectivity index is 4.11. The molecule has 0 unspecified atom stereocenters. The van der Waals surface area contributed by atoms with E-state index in [1.165, 1.54) is 0 Å². The number of alkyl halides is 2. The Labute approximate surface area is 93.3 Å². The molecule has 1 amide bonds. The highest BCUT2D eigenvalue weighted by Crippen LogP contribution is 2.08. The summed E-state index contributed by atoms with van der Waals surface area (Å²) in [6.45, 7) is -0.184. The molecule has 0 rings (SSSR count). The third-order valence-electron chi connectivity index (χ3n) is 1.71. The van der Waals surface area contributed by atoms with Crippen LogP contribution in [0.4, 0.5) is 8.78 Å². The number of amides is 1. The molecule has 8 heteroatoms. The van der Waals surface area contributed by atoms with Crippen LogP contribution in [0.3, 0.4) is 0 Å². The van der Waals surface area contributed by atoms with E-state index in [0.29, 0.717) is 6.42 Å². The molecule has 0 saturated carbocycles. The number of hydrogen-bond donors (Lipinski definition) is 2. The number of halogens is 2. The van der Waals surface area contributed by atoms with Crippen LogP contribution in [0.2, 0.25) is 0 Å². The summed E-state index contributed by atoms with van der Waals surface area (Å²) in [7, 11) is -3.49. The maximum atomic E-state index is 12.6. The van der Waals surface area contributed by atoms with Crippen LogP contribution in [-0.2, 0) is 14.6 Å². The van der Waals surface area contributed by atoms with E-state index >= 15 is 0 Å². The molecular formula is C8H16F2N2O3S. The number of carbonyl (C=O) groups is 1. The topological polar surface area (TPSA) is 89.3 Å². The second kappa shape index (κ2) is 6.09. The highest BCUT2D eigenvalue weighted by Gasteiger charge is 2.27. The van der Waals surface area contributed by atoms with Crippen molar-refractivity contribution >= 4 is 15.7 Å². The smallest absolute Gasteiger partial charge is 0.277 e. The molecule has 0 radical (unpaired) electrons. The van der Waals surface area contributed by atoms with Crippen LogP contribution in [0.1, 0.15) is 13.3 Å². The van der Waals surface area contributed by atoms with Crippen molar-refractivity contribution in [2.45, 2.75) is 19.3 Å². The molecule has 0 aliphatic carbocycles. The lowest BCUT2D eigenvalue weighted by Gasteiger charge is -2.14. The highest BCUT2D eigenvalue weighted by molar-refractivity contribution is 7.92. The molecule has 0 fully saturated rings. The van der Waals surface area contributed by atoms with Crippen molar-refractivity contribution in [1.29, 1.82) is 0 Å². The molecule has 0 aromatic rings. The molecule has 0 aromatic heterocycles. The van der Waals surface area contributed by atoms with E-state index in [1.54, 1.807) is 6.92 Å². The van der Waals surface area contributed by atoms with Gasteiger partial charge in [0.25, 0.3) is 5.92 Å². The molecule has 16 heavy (non-hydrogen) atoms. The second-order valence-electron chi connectivity index (χ2n) is 3.43. The van der Waals surface area contributed by atoms with E-state index in [-0.39, 0.29) is 5.75 Å². The van der Waals surface area contributed by atoms with Gasteiger partial charge >= 0.3 is 0 Å². The molecule has 0 spiro atoms. The average Bonchev–Trinajstić information content (AvgIpc) is 2.14. The lowest BCUT2D eigenvalue weighted by atomic mass is 10.3. The molecule has 0 atom stereocenters. The Bertz CT molecular complexity index is 330. The van der Waals surface area contributed by atoms with Crippen LogP contribution < -0.4 is 11.1 Å². The summed E-state index contributed by atoms with van der Waals surface area (Å²) >= 11 is 0. The Hall–Kier alpha value is -0.760. The van der Waals surface area contributed by atoms with Gasteiger partial charge in [-0.1, -0.05) is 6.92 Å². The normalized spacial score (nSPS) is 12.5. The van der Waals surface area contributed by atoms with Crippen LogP contribution in [0.25, 0.3) is 0 Å². The molecule has 0 aliphatic rings. The summed E-state index contributed by atoms with van der Waals surface area (Å²) in [6, 6.07) is 0. The maximum absolute atomic E-state index is 12.6. The van der Waals surface area contributed by atoms with Gasteiger partial charge in [0.05, 0.1) is 18.8 Å². The SMILES string of the molecule is CCCS(=O)(=O)CC(=O)NCC(F)(F)CN. The largest absolute Gasteiger partial charge is 0.349 e. The molecule has 5 nitrogen and oxygen atoms in total. The number of nitrogens with two attached hydrogens (primary N) is 1. The van der Waals surface area contributed by atoms with Crippen molar-refractivity contribution in [3.05, 3.63) is 0 Å². The number of nitrogens with one attached hydrogen (secondary N) is 1. The quantitative estimate of drug-likeness (QED) is 0.645. The summed E-state index contributed by atoms with van der Waals surface area (Å²) in [5.74, 6) is -5.03. The summed E-state index contributed by atoms with van der Waals surface area (Å²) in [6.07, 6.45) is 0.384. The van der Waals surface area contributed by atoms with Crippen LogP contribution in [0, 0.1) is 0 Å². The van der Waals surface area contributed by atoms with Crippen LogP contribution in [0.15, 0.2) is 0 Å². The van der Waals surface area contributed by atoms with Gasteiger partial charge in [-0.25, -0.2) is 17.2 Å². The zero-order chi connectivity index (χ0) is 12.8. The molecule has 0 aliphatic heterocycles. The minimum Gasteiger partial charge on any atom is -0.349 e. The van der Waals surface area contributed by atoms with Gasteiger partial charge in [0.1, 0.15) is 5.75 Å². The fourth-order valence-electron chi connectivity index (χ4n) is 0.934. The van der Waals surface area contributed by atoms with Crippen molar-refractivity contribution in [1.82, 2.24) is 5.32 Å². The van der Waals surface area contributed by atoms with Crippen LogP contribution >= 0.6 is 0 Å². The minimum absolute atomic E-state index is 0.131. The average molecular weight is 258 g/mol. The number of carbonyl (C=O) groups excluding carboxylic acids is 1. The van der Waals surface area contributed by atoms with Crippen molar-refractivity contribution in [3.63, 3.8) is 0 Å². The first-order valence-electron chi connectivity index (χ1n) is 4.77. The van der Waals surface area contributed by atoms with Crippen molar-refractivity contribution < 1.29 is 22.0 Å². The fourth-order valence-corrected chi connectivity index (χ4v) is 2.20. The van der Waals surface area contributed by atoms with Crippen molar-refractivity contribution in [3.8, 4) is 0 Å². The molecule has 3 N–H and O–H groups in total. The highest BCUT2D eigenvalue weighted by atomic mass is 32.2. The number of rotatable bonds is 7. The first-order chi connectivity index (χ1) is 7.22. The third-order valence-corrected chi connectivity index (χ3v) is 3.44. The fraction of sp³-hybridized carbons (Fsp3) is 0.875. The van der Waals surface area contributed by atoms with Gasteiger partial charge in [-0.2, -0.15) is 0 Å². The Morgan fingerprint density at radius 2 is 2.00 bits per heavy atom. The Morgan fingerprint density at radius 1 is 1.44 bits per heavy atom. The Kier molecular flexibility index (Phi) is 5.80. The first kappa shape index (κ1) is 15.2. The first-order valence-corrected chi connectivity index (χ1v) is 6.59. The zero-order valence-corrected chi connectivity index (χ0v) is 9.82. The van der Waals surface area contributed by atoms with E-state index < -0.39 is 40.5 Å². The predicted molar refractivity (Wildman–Crippen MR) is 56.0 cm³/mol. The number of sulfone groups is 1. The van der Waals surface area contributed by atoms with E-state index in [4.69, 9.17) is 5.73 Å². The van der Waals surface area contributed by atoms with E-state index in [0.717, 1.165) is 0 Å². The zero-order valence-electron chi connectivity index (χ0n) is 9.00. The summed E-state index contributed by atoms with van der Waals surface area (Å²) in [5, 5.41) is 1.84. The van der Waals surface area contributed by atoms with Gasteiger partial charge in [0, 0.05) is 0 Å². The minimum atomic E-state index is -3.49. The molecule has 0 heterocycles. The molecular weight excluding hydrogens is 242 g/mol. The predicted octanol–water partition coefficient (Wildman–Crippen LogP) is -0.479. The molecule has 0 aromatic carbocycles. The van der Waals surface area contributed by atoms with E-state index in [9.17, 15) is 22.0 Å². The lowest BCUT2D eigenvalue weighted by molar-refractivity contribution is -0.120. The monoisotopic (exact) mass is 258 g/mol. The molecule has 96 valence electrons. The van der Waals surface area contributed by atoms with Crippen molar-refractivity contribution in [2.24, 2.45) is 5.73 Å². The van der Waals surface area contributed by atoms with Gasteiger partial charge in [0.2, 0.25) is 5.91 Å². The maximum Gasteiger partial charge on any atom is 0.277 e. The van der Waals surface area contributed by atoms with Crippen LogP contribution in [-0.4, -0.2) is 44.8 Å². The lowest BCUT2D eigenvalue weighted by Crippen LogP contribution is -2.43. The van der Waals surface area contributed by atoms with Crippen LogP contribution in [0.5, 0.6) is 0 Å². The Morgan fingerprint density at radius 3 is 2.44 bits per heavy atom. The van der Waals surface area contributed by atoms with Crippen molar-refractivity contribution in [2.75, 3.05) is 24.6 Å². The number of hydrogen-bond acceptors (Lipinski definition) is 4. The van der Waals surface area contributed by atoms with E-state index in [2.05, 4.69) is 0 Å². The summed E-state index contributed by atoms with van der Waals surface area (Å²) in [4.78, 5) is 11.0. The van der Waals surface area contributed by atoms with Gasteiger partial charge < -0.3 is 11.1 Å².